The summed E-state index contributed by atoms with van der Waals surface area (Å²) in [6.45, 7) is 6.08. The van der Waals surface area contributed by atoms with Crippen molar-refractivity contribution >= 4 is 11.9 Å². The van der Waals surface area contributed by atoms with Gasteiger partial charge in [0.05, 0.1) is 25.2 Å². The van der Waals surface area contributed by atoms with E-state index in [-0.39, 0.29) is 11.8 Å². The first-order chi connectivity index (χ1) is 11.7. The summed E-state index contributed by atoms with van der Waals surface area (Å²) in [5.74, 6) is 2.07. The Morgan fingerprint density at radius 3 is 3.04 bits per heavy atom. The largest absolute Gasteiger partial charge is 0.383 e. The average Bonchev–Trinajstić information content (AvgIpc) is 3.20. The fourth-order valence-electron chi connectivity index (χ4n) is 3.96. The zero-order valence-corrected chi connectivity index (χ0v) is 14.7. The lowest BCUT2D eigenvalue weighted by atomic mass is 9.73. The Morgan fingerprint density at radius 2 is 2.33 bits per heavy atom. The molecule has 0 unspecified atom stereocenters. The Balaban J connectivity index is 1.89. The van der Waals surface area contributed by atoms with Crippen LogP contribution in [0, 0.1) is 11.3 Å². The van der Waals surface area contributed by atoms with Crippen LogP contribution in [-0.4, -0.2) is 67.7 Å². The first kappa shape index (κ1) is 17.2. The lowest BCUT2D eigenvalue weighted by molar-refractivity contribution is -0.138. The molecule has 3 rings (SSSR count). The Labute approximate surface area is 142 Å². The summed E-state index contributed by atoms with van der Waals surface area (Å²) in [6, 6.07) is 0. The predicted molar refractivity (Wildman–Crippen MR) is 88.9 cm³/mol. The molecular formula is C16H27N5O3. The third-order valence-electron chi connectivity index (χ3n) is 5.31. The minimum absolute atomic E-state index is 0.108. The first-order valence-corrected chi connectivity index (χ1v) is 8.62. The van der Waals surface area contributed by atoms with E-state index < -0.39 is 5.41 Å². The standard InChI is InChI=1S/C16H27N5O3/c1-4-13-18-19-15(21(13)6-8-23-3)20-9-12-10-24-7-5-16(12,11-20)14(22)17-2/h12H,4-11H2,1-3H3,(H,17,22)/t12-,16+/m1/s1. The van der Waals surface area contributed by atoms with E-state index in [2.05, 4.69) is 31.9 Å². The number of amides is 1. The molecule has 8 nitrogen and oxygen atoms in total. The van der Waals surface area contributed by atoms with Gasteiger partial charge in [-0.3, -0.25) is 9.36 Å². The molecular weight excluding hydrogens is 310 g/mol. The molecule has 2 atom stereocenters. The zero-order valence-electron chi connectivity index (χ0n) is 14.7. The van der Waals surface area contributed by atoms with E-state index in [0.29, 0.717) is 32.9 Å². The molecule has 2 saturated heterocycles. The molecule has 0 spiro atoms. The molecule has 1 aromatic heterocycles. The fraction of sp³-hybridized carbons (Fsp3) is 0.812. The van der Waals surface area contributed by atoms with Crippen LogP contribution in [0.25, 0.3) is 0 Å². The maximum absolute atomic E-state index is 12.6. The van der Waals surface area contributed by atoms with E-state index in [4.69, 9.17) is 9.47 Å². The molecule has 24 heavy (non-hydrogen) atoms. The molecule has 0 saturated carbocycles. The fourth-order valence-corrected chi connectivity index (χ4v) is 3.96. The van der Waals surface area contributed by atoms with Crippen molar-refractivity contribution in [1.29, 1.82) is 0 Å². The smallest absolute Gasteiger partial charge is 0.228 e. The molecule has 1 aromatic rings. The van der Waals surface area contributed by atoms with E-state index in [9.17, 15) is 4.79 Å². The minimum Gasteiger partial charge on any atom is -0.383 e. The van der Waals surface area contributed by atoms with Crippen molar-refractivity contribution in [3.05, 3.63) is 5.82 Å². The average molecular weight is 337 g/mol. The number of fused-ring (bicyclic) bond motifs is 1. The van der Waals surface area contributed by atoms with Gasteiger partial charge in [-0.05, 0) is 6.42 Å². The van der Waals surface area contributed by atoms with Gasteiger partial charge in [0.25, 0.3) is 0 Å². The third kappa shape index (κ3) is 2.77. The predicted octanol–water partition coefficient (Wildman–Crippen LogP) is 0.0758. The lowest BCUT2D eigenvalue weighted by Gasteiger charge is -2.36. The van der Waals surface area contributed by atoms with Crippen LogP contribution in [0.15, 0.2) is 0 Å². The Hall–Kier alpha value is -1.67. The second kappa shape index (κ2) is 7.06. The maximum Gasteiger partial charge on any atom is 0.228 e. The summed E-state index contributed by atoms with van der Waals surface area (Å²) in [4.78, 5) is 14.8. The Bertz CT molecular complexity index is 590. The van der Waals surface area contributed by atoms with Gasteiger partial charge in [0.2, 0.25) is 11.9 Å². The van der Waals surface area contributed by atoms with Gasteiger partial charge >= 0.3 is 0 Å². The van der Waals surface area contributed by atoms with E-state index in [1.54, 1.807) is 14.2 Å². The summed E-state index contributed by atoms with van der Waals surface area (Å²) in [7, 11) is 3.40. The van der Waals surface area contributed by atoms with Crippen molar-refractivity contribution in [3.63, 3.8) is 0 Å². The molecule has 0 radical (unpaired) electrons. The second-order valence-electron chi connectivity index (χ2n) is 6.55. The number of ether oxygens (including phenoxy) is 2. The summed E-state index contributed by atoms with van der Waals surface area (Å²) in [5, 5.41) is 11.6. The Morgan fingerprint density at radius 1 is 1.50 bits per heavy atom. The number of methoxy groups -OCH3 is 1. The number of rotatable bonds is 6. The number of aryl methyl sites for hydroxylation is 1. The monoisotopic (exact) mass is 337 g/mol. The number of carbonyl (C=O) groups is 1. The van der Waals surface area contributed by atoms with Gasteiger partial charge in [-0.1, -0.05) is 6.92 Å². The molecule has 0 bridgehead atoms. The van der Waals surface area contributed by atoms with Crippen molar-refractivity contribution < 1.29 is 14.3 Å². The number of hydrogen-bond acceptors (Lipinski definition) is 6. The number of aromatic nitrogens is 3. The molecule has 8 heteroatoms. The summed E-state index contributed by atoms with van der Waals surface area (Å²) in [6.07, 6.45) is 1.57. The highest BCUT2D eigenvalue weighted by atomic mass is 16.5. The molecule has 0 aliphatic carbocycles. The topological polar surface area (TPSA) is 81.5 Å². The normalized spacial score (nSPS) is 26.5. The minimum atomic E-state index is -0.391. The SMILES string of the molecule is CCc1nnc(N2C[C@@H]3COCC[C@]3(C(=O)NC)C2)n1CCOC. The van der Waals surface area contributed by atoms with Gasteiger partial charge in [0, 0.05) is 46.2 Å². The van der Waals surface area contributed by atoms with Gasteiger partial charge < -0.3 is 19.7 Å². The van der Waals surface area contributed by atoms with Crippen molar-refractivity contribution in [2.24, 2.45) is 11.3 Å². The van der Waals surface area contributed by atoms with E-state index in [1.807, 2.05) is 0 Å². The van der Waals surface area contributed by atoms with Gasteiger partial charge in [0.15, 0.2) is 0 Å². The van der Waals surface area contributed by atoms with Gasteiger partial charge in [-0.25, -0.2) is 0 Å². The van der Waals surface area contributed by atoms with Crippen molar-refractivity contribution in [1.82, 2.24) is 20.1 Å². The summed E-state index contributed by atoms with van der Waals surface area (Å²) < 4.78 is 13.0. The highest BCUT2D eigenvalue weighted by Crippen LogP contribution is 2.43. The van der Waals surface area contributed by atoms with E-state index in [0.717, 1.165) is 31.2 Å². The maximum atomic E-state index is 12.6. The summed E-state index contributed by atoms with van der Waals surface area (Å²) >= 11 is 0. The molecule has 1 N–H and O–H groups in total. The highest BCUT2D eigenvalue weighted by Gasteiger charge is 2.54. The van der Waals surface area contributed by atoms with Crippen LogP contribution < -0.4 is 10.2 Å². The van der Waals surface area contributed by atoms with Crippen molar-refractivity contribution in [2.75, 3.05) is 52.0 Å². The van der Waals surface area contributed by atoms with Crippen LogP contribution in [0.2, 0.25) is 0 Å². The molecule has 1 amide bonds. The van der Waals surface area contributed by atoms with Crippen LogP contribution in [0.5, 0.6) is 0 Å². The quantitative estimate of drug-likeness (QED) is 0.791. The molecule has 2 aliphatic heterocycles. The number of carbonyl (C=O) groups excluding carboxylic acids is 1. The summed E-state index contributed by atoms with van der Waals surface area (Å²) in [5.41, 5.74) is -0.391. The number of nitrogens with one attached hydrogen (secondary N) is 1. The van der Waals surface area contributed by atoms with Crippen LogP contribution in [0.1, 0.15) is 19.2 Å². The molecule has 3 heterocycles. The van der Waals surface area contributed by atoms with Crippen molar-refractivity contribution in [2.45, 2.75) is 26.3 Å². The van der Waals surface area contributed by atoms with Crippen LogP contribution >= 0.6 is 0 Å². The first-order valence-electron chi connectivity index (χ1n) is 8.62. The second-order valence-corrected chi connectivity index (χ2v) is 6.55. The van der Waals surface area contributed by atoms with Gasteiger partial charge in [-0.15, -0.1) is 10.2 Å². The Kier molecular flexibility index (Phi) is 5.05. The van der Waals surface area contributed by atoms with E-state index >= 15 is 0 Å². The number of nitrogens with zero attached hydrogens (tertiary/aromatic N) is 4. The third-order valence-corrected chi connectivity index (χ3v) is 5.31. The van der Waals surface area contributed by atoms with Gasteiger partial charge in [-0.2, -0.15) is 0 Å². The van der Waals surface area contributed by atoms with Gasteiger partial charge in [0.1, 0.15) is 5.82 Å². The zero-order chi connectivity index (χ0) is 17.2. The van der Waals surface area contributed by atoms with E-state index in [1.165, 1.54) is 0 Å². The number of hydrogen-bond donors (Lipinski definition) is 1. The van der Waals surface area contributed by atoms with Crippen molar-refractivity contribution in [3.8, 4) is 0 Å². The molecule has 134 valence electrons. The van der Waals surface area contributed by atoms with Crippen LogP contribution in [0.3, 0.4) is 0 Å². The molecule has 0 aromatic carbocycles. The van der Waals surface area contributed by atoms with Crippen LogP contribution in [0.4, 0.5) is 5.95 Å². The molecule has 2 aliphatic rings. The highest BCUT2D eigenvalue weighted by molar-refractivity contribution is 5.84. The van der Waals surface area contributed by atoms with Crippen LogP contribution in [-0.2, 0) is 27.2 Å². The lowest BCUT2D eigenvalue weighted by Crippen LogP contribution is -2.49. The number of anilines is 1. The molecule has 2 fully saturated rings.